The molecule has 1 saturated carbocycles. The molecule has 3 aromatic rings. The maximum Gasteiger partial charge on any atom is 0.193 e. The van der Waals surface area contributed by atoms with Crippen molar-refractivity contribution in [1.82, 2.24) is 9.90 Å². The van der Waals surface area contributed by atoms with Gasteiger partial charge in [-0.25, -0.2) is 0 Å². The molecule has 0 spiro atoms. The number of benzene rings is 2. The van der Waals surface area contributed by atoms with E-state index in [0.717, 1.165) is 38.7 Å². The van der Waals surface area contributed by atoms with E-state index in [0.29, 0.717) is 24.4 Å². The first kappa shape index (κ1) is 27.5. The molecule has 196 valence electrons. The van der Waals surface area contributed by atoms with Crippen molar-refractivity contribution in [2.24, 2.45) is 17.8 Å². The van der Waals surface area contributed by atoms with Crippen molar-refractivity contribution in [2.45, 2.75) is 59.2 Å². The molecule has 0 bridgehead atoms. The number of hydrogen-bond donors (Lipinski definition) is 0. The van der Waals surface area contributed by atoms with Gasteiger partial charge in [0.05, 0.1) is 11.8 Å². The Morgan fingerprint density at radius 3 is 2.38 bits per heavy atom. The van der Waals surface area contributed by atoms with Crippen LogP contribution in [0, 0.1) is 17.8 Å². The maximum atomic E-state index is 6.31. The van der Waals surface area contributed by atoms with Gasteiger partial charge in [0, 0.05) is 6.16 Å². The van der Waals surface area contributed by atoms with E-state index in [1.54, 1.807) is 0 Å². The topological polar surface area (TPSA) is 30.9 Å². The standard InChI is InChI=1S/C32H43N3OP/c1-4-7-14-27-22-28(6-3)29(23-27)25-36-26-30-24-34(33-35(30)19-5-2)20-21-37(31-15-10-8-11-16-31)32-17-12-9-13-18-32/h6-18,24,27-29H,3-5,19-23,25-26H2,1-2H3/q+1/b14-7+/t27?,28-,29?/m1/s1. The summed E-state index contributed by atoms with van der Waals surface area (Å²) in [6.07, 6.45) is 14.7. The minimum atomic E-state index is -0.432. The van der Waals surface area contributed by atoms with E-state index in [1.165, 1.54) is 29.1 Å². The molecule has 4 rings (SSSR count). The number of rotatable bonds is 14. The van der Waals surface area contributed by atoms with Crippen molar-refractivity contribution in [2.75, 3.05) is 12.8 Å². The minimum absolute atomic E-state index is 0.432. The van der Waals surface area contributed by atoms with Gasteiger partial charge < -0.3 is 4.74 Å². The first-order chi connectivity index (χ1) is 18.2. The smallest absolute Gasteiger partial charge is 0.193 e. The van der Waals surface area contributed by atoms with Crippen molar-refractivity contribution in [3.05, 3.63) is 97.4 Å². The fourth-order valence-electron chi connectivity index (χ4n) is 5.39. The van der Waals surface area contributed by atoms with Crippen molar-refractivity contribution in [3.63, 3.8) is 0 Å². The van der Waals surface area contributed by atoms with Crippen LogP contribution in [0.3, 0.4) is 0 Å². The highest BCUT2D eigenvalue weighted by Gasteiger charge is 2.31. The second-order valence-electron chi connectivity index (χ2n) is 10.1. The van der Waals surface area contributed by atoms with Crippen LogP contribution in [-0.2, 0) is 24.4 Å². The van der Waals surface area contributed by atoms with Gasteiger partial charge in [-0.3, -0.25) is 0 Å². The number of hydrogen-bond acceptors (Lipinski definition) is 2. The molecule has 0 saturated heterocycles. The SMILES string of the molecule is C=C[C@@H]1CC(/C=C/CC)CC1COCc1c[n+](CCP(c2ccccc2)c2ccccc2)nn1CCC. The van der Waals surface area contributed by atoms with Crippen LogP contribution in [0.15, 0.2) is 91.7 Å². The zero-order valence-electron chi connectivity index (χ0n) is 22.6. The number of allylic oxidation sites excluding steroid dienone is 3. The Balaban J connectivity index is 1.39. The van der Waals surface area contributed by atoms with E-state index in [4.69, 9.17) is 9.95 Å². The fourth-order valence-corrected chi connectivity index (χ4v) is 7.67. The molecule has 0 amide bonds. The molecule has 0 aliphatic heterocycles. The molecule has 1 aliphatic carbocycles. The van der Waals surface area contributed by atoms with Gasteiger partial charge in [-0.05, 0) is 62.0 Å². The van der Waals surface area contributed by atoms with Gasteiger partial charge in [0.25, 0.3) is 0 Å². The van der Waals surface area contributed by atoms with Gasteiger partial charge in [-0.1, -0.05) is 92.7 Å². The molecule has 2 unspecified atom stereocenters. The Bertz CT molecular complexity index is 1070. The normalized spacial score (nSPS) is 19.7. The van der Waals surface area contributed by atoms with Crippen molar-refractivity contribution in [3.8, 4) is 0 Å². The summed E-state index contributed by atoms with van der Waals surface area (Å²) in [6.45, 7) is 11.7. The molecule has 1 aliphatic rings. The van der Waals surface area contributed by atoms with Crippen LogP contribution in [0.1, 0.15) is 45.2 Å². The van der Waals surface area contributed by atoms with Crippen LogP contribution in [0.2, 0.25) is 0 Å². The fraction of sp³-hybridized carbons (Fsp3) is 0.438. The predicted octanol–water partition coefficient (Wildman–Crippen LogP) is 6.02. The third-order valence-corrected chi connectivity index (χ3v) is 9.78. The molecule has 3 atom stereocenters. The maximum absolute atomic E-state index is 6.31. The molecule has 4 nitrogen and oxygen atoms in total. The molecule has 37 heavy (non-hydrogen) atoms. The van der Waals surface area contributed by atoms with Gasteiger partial charge in [0.1, 0.15) is 19.7 Å². The van der Waals surface area contributed by atoms with Crippen LogP contribution < -0.4 is 15.3 Å². The summed E-state index contributed by atoms with van der Waals surface area (Å²) in [7, 11) is -0.432. The summed E-state index contributed by atoms with van der Waals surface area (Å²) in [5.41, 5.74) is 1.17. The van der Waals surface area contributed by atoms with Crippen molar-refractivity contribution >= 4 is 18.5 Å². The number of aromatic nitrogens is 3. The monoisotopic (exact) mass is 516 g/mol. The highest BCUT2D eigenvalue weighted by molar-refractivity contribution is 7.72. The van der Waals surface area contributed by atoms with Gasteiger partial charge in [-0.15, -0.1) is 15.9 Å². The van der Waals surface area contributed by atoms with Crippen LogP contribution in [0.4, 0.5) is 0 Å². The molecular weight excluding hydrogens is 473 g/mol. The van der Waals surface area contributed by atoms with Crippen LogP contribution in [0.25, 0.3) is 0 Å². The van der Waals surface area contributed by atoms with Gasteiger partial charge in [0.2, 0.25) is 0 Å². The Morgan fingerprint density at radius 2 is 1.76 bits per heavy atom. The van der Waals surface area contributed by atoms with E-state index in [2.05, 4.69) is 115 Å². The first-order valence-corrected chi connectivity index (χ1v) is 15.5. The summed E-state index contributed by atoms with van der Waals surface area (Å²) >= 11 is 0. The second kappa shape index (κ2) is 14.4. The largest absolute Gasteiger partial charge is 0.372 e. The molecule has 1 fully saturated rings. The molecule has 5 heteroatoms. The van der Waals surface area contributed by atoms with E-state index >= 15 is 0 Å². The zero-order chi connectivity index (χ0) is 25.9. The Morgan fingerprint density at radius 1 is 1.05 bits per heavy atom. The van der Waals surface area contributed by atoms with Gasteiger partial charge >= 0.3 is 0 Å². The quantitative estimate of drug-likeness (QED) is 0.149. The summed E-state index contributed by atoms with van der Waals surface area (Å²) in [4.78, 5) is 0. The highest BCUT2D eigenvalue weighted by atomic mass is 31.1. The molecule has 1 heterocycles. The Hall–Kier alpha value is -2.55. The Labute approximate surface area is 224 Å². The van der Waals surface area contributed by atoms with Crippen molar-refractivity contribution in [1.29, 1.82) is 0 Å². The summed E-state index contributed by atoms with van der Waals surface area (Å²) in [6, 6.07) is 21.8. The lowest BCUT2D eigenvalue weighted by molar-refractivity contribution is -0.751. The summed E-state index contributed by atoms with van der Waals surface area (Å²) < 4.78 is 10.6. The third kappa shape index (κ3) is 7.72. The van der Waals surface area contributed by atoms with E-state index < -0.39 is 7.92 Å². The van der Waals surface area contributed by atoms with E-state index in [9.17, 15) is 0 Å². The lowest BCUT2D eigenvalue weighted by atomic mass is 9.97. The van der Waals surface area contributed by atoms with Gasteiger partial charge in [-0.2, -0.15) is 0 Å². The second-order valence-corrected chi connectivity index (χ2v) is 12.4. The van der Waals surface area contributed by atoms with Crippen LogP contribution >= 0.6 is 7.92 Å². The van der Waals surface area contributed by atoms with Crippen LogP contribution in [-0.4, -0.2) is 22.7 Å². The van der Waals surface area contributed by atoms with E-state index in [1.807, 2.05) is 0 Å². The zero-order valence-corrected chi connectivity index (χ0v) is 23.5. The number of ether oxygens (including phenoxy) is 1. The summed E-state index contributed by atoms with van der Waals surface area (Å²) in [5, 5.41) is 7.76. The molecule has 2 aromatic carbocycles. The third-order valence-electron chi connectivity index (χ3n) is 7.29. The predicted molar refractivity (Wildman–Crippen MR) is 156 cm³/mol. The Kier molecular flexibility index (Phi) is 10.7. The lowest BCUT2D eigenvalue weighted by Gasteiger charge is -2.17. The molecule has 1 aromatic heterocycles. The number of nitrogens with zero attached hydrogens (tertiary/aromatic N) is 3. The number of aryl methyl sites for hydroxylation is 2. The van der Waals surface area contributed by atoms with E-state index in [-0.39, 0.29) is 0 Å². The highest BCUT2D eigenvalue weighted by Crippen LogP contribution is 2.38. The molecule has 0 radical (unpaired) electrons. The lowest BCUT2D eigenvalue weighted by Crippen LogP contribution is -2.38. The van der Waals surface area contributed by atoms with Crippen molar-refractivity contribution < 1.29 is 9.42 Å². The summed E-state index contributed by atoms with van der Waals surface area (Å²) in [5.74, 6) is 1.76. The molecular formula is C32H43N3OP+. The molecule has 0 N–H and O–H groups in total. The minimum Gasteiger partial charge on any atom is -0.372 e. The average Bonchev–Trinajstić information content (AvgIpc) is 3.52. The first-order valence-electron chi connectivity index (χ1n) is 13.9. The van der Waals surface area contributed by atoms with Crippen LogP contribution in [0.5, 0.6) is 0 Å². The van der Waals surface area contributed by atoms with Gasteiger partial charge in [0.15, 0.2) is 11.9 Å². The average molecular weight is 517 g/mol.